The summed E-state index contributed by atoms with van der Waals surface area (Å²) in [4.78, 5) is 23.1. The molecule has 0 bridgehead atoms. The molecular formula is C13H11F2NO3. The first-order valence-corrected chi connectivity index (χ1v) is 5.62. The van der Waals surface area contributed by atoms with Gasteiger partial charge >= 0.3 is 5.97 Å². The maximum atomic E-state index is 13.8. The molecule has 4 nitrogen and oxygen atoms in total. The van der Waals surface area contributed by atoms with Crippen molar-refractivity contribution < 1.29 is 18.7 Å². The molecular weight excluding hydrogens is 256 g/mol. The summed E-state index contributed by atoms with van der Waals surface area (Å²) in [6, 6.07) is 0.709. The summed E-state index contributed by atoms with van der Waals surface area (Å²) in [7, 11) is 1.41. The lowest BCUT2D eigenvalue weighted by Gasteiger charge is -2.11. The summed E-state index contributed by atoms with van der Waals surface area (Å²) in [5, 5.41) is 8.74. The fourth-order valence-electron chi connectivity index (χ4n) is 2.19. The topological polar surface area (TPSA) is 59.3 Å². The predicted molar refractivity (Wildman–Crippen MR) is 65.4 cm³/mol. The molecule has 0 radical (unpaired) electrons. The van der Waals surface area contributed by atoms with Gasteiger partial charge in [0.25, 0.3) is 0 Å². The third kappa shape index (κ3) is 1.89. The molecule has 0 spiro atoms. The summed E-state index contributed by atoms with van der Waals surface area (Å²) < 4.78 is 28.7. The van der Waals surface area contributed by atoms with Gasteiger partial charge in [-0.2, -0.15) is 0 Å². The molecule has 0 aliphatic carbocycles. The van der Waals surface area contributed by atoms with E-state index < -0.39 is 28.6 Å². The van der Waals surface area contributed by atoms with Crippen molar-refractivity contribution in [1.82, 2.24) is 4.57 Å². The fourth-order valence-corrected chi connectivity index (χ4v) is 2.19. The minimum Gasteiger partial charge on any atom is -0.477 e. The van der Waals surface area contributed by atoms with E-state index in [2.05, 4.69) is 0 Å². The molecule has 100 valence electrons. The molecule has 0 amide bonds. The Labute approximate surface area is 106 Å². The molecule has 1 heterocycles. The standard InChI is InChI=1S/C13H11F2NO3/c1-3-6-8(14)4-9(15)11-10(6)12(17)7(13(18)19)5-16(11)2/h4-5H,3H2,1-2H3,(H,18,19). The molecule has 0 saturated carbocycles. The van der Waals surface area contributed by atoms with Crippen LogP contribution in [0.5, 0.6) is 0 Å². The lowest BCUT2D eigenvalue weighted by Crippen LogP contribution is -2.20. The Morgan fingerprint density at radius 3 is 2.53 bits per heavy atom. The van der Waals surface area contributed by atoms with Crippen molar-refractivity contribution in [1.29, 1.82) is 0 Å². The van der Waals surface area contributed by atoms with Gasteiger partial charge in [-0.25, -0.2) is 13.6 Å². The van der Waals surface area contributed by atoms with Crippen LogP contribution in [-0.2, 0) is 13.5 Å². The normalized spacial score (nSPS) is 10.9. The van der Waals surface area contributed by atoms with Crippen molar-refractivity contribution in [2.24, 2.45) is 7.05 Å². The van der Waals surface area contributed by atoms with Gasteiger partial charge in [-0.3, -0.25) is 4.79 Å². The molecule has 1 N–H and O–H groups in total. The molecule has 0 saturated heterocycles. The zero-order chi connectivity index (χ0) is 14.3. The first kappa shape index (κ1) is 13.2. The Morgan fingerprint density at radius 1 is 1.37 bits per heavy atom. The highest BCUT2D eigenvalue weighted by atomic mass is 19.1. The number of rotatable bonds is 2. The van der Waals surface area contributed by atoms with Crippen LogP contribution in [0.2, 0.25) is 0 Å². The number of nitrogens with zero attached hydrogens (tertiary/aromatic N) is 1. The maximum absolute atomic E-state index is 13.8. The Balaban J connectivity index is 3.13. The number of aromatic carboxylic acids is 1. The third-order valence-corrected chi connectivity index (χ3v) is 3.04. The van der Waals surface area contributed by atoms with Gasteiger partial charge in [0.05, 0.1) is 10.9 Å². The van der Waals surface area contributed by atoms with E-state index in [0.717, 1.165) is 6.20 Å². The van der Waals surface area contributed by atoms with Crippen molar-refractivity contribution in [3.8, 4) is 0 Å². The highest BCUT2D eigenvalue weighted by Crippen LogP contribution is 2.23. The number of pyridine rings is 1. The molecule has 0 fully saturated rings. The van der Waals surface area contributed by atoms with Gasteiger partial charge in [-0.05, 0) is 6.42 Å². The molecule has 2 rings (SSSR count). The quantitative estimate of drug-likeness (QED) is 0.906. The van der Waals surface area contributed by atoms with E-state index in [1.54, 1.807) is 6.92 Å². The van der Waals surface area contributed by atoms with E-state index in [4.69, 9.17) is 5.11 Å². The fraction of sp³-hybridized carbons (Fsp3) is 0.231. The van der Waals surface area contributed by atoms with E-state index in [9.17, 15) is 18.4 Å². The molecule has 0 aliphatic rings. The van der Waals surface area contributed by atoms with Crippen molar-refractivity contribution in [3.05, 3.63) is 45.2 Å². The number of halogens is 2. The highest BCUT2D eigenvalue weighted by Gasteiger charge is 2.20. The summed E-state index contributed by atoms with van der Waals surface area (Å²) >= 11 is 0. The molecule has 1 aromatic carbocycles. The first-order valence-electron chi connectivity index (χ1n) is 5.62. The second kappa shape index (κ2) is 4.46. The van der Waals surface area contributed by atoms with Crippen LogP contribution in [-0.4, -0.2) is 15.6 Å². The SMILES string of the molecule is CCc1c(F)cc(F)c2c1c(=O)c(C(=O)O)cn2C. The van der Waals surface area contributed by atoms with Crippen molar-refractivity contribution >= 4 is 16.9 Å². The Bertz CT molecular complexity index is 750. The number of aryl methyl sites for hydroxylation is 2. The number of carboxylic acid groups (broad SMARTS) is 1. The Morgan fingerprint density at radius 2 is 2.00 bits per heavy atom. The van der Waals surface area contributed by atoms with E-state index in [1.807, 2.05) is 0 Å². The lowest BCUT2D eigenvalue weighted by molar-refractivity contribution is 0.0695. The van der Waals surface area contributed by atoms with Gasteiger partial charge < -0.3 is 9.67 Å². The van der Waals surface area contributed by atoms with Crippen LogP contribution in [0.4, 0.5) is 8.78 Å². The second-order valence-electron chi connectivity index (χ2n) is 4.18. The average Bonchev–Trinajstić information content (AvgIpc) is 2.32. The molecule has 1 aromatic heterocycles. The monoisotopic (exact) mass is 267 g/mol. The Hall–Kier alpha value is -2.24. The maximum Gasteiger partial charge on any atom is 0.341 e. The number of fused-ring (bicyclic) bond motifs is 1. The van der Waals surface area contributed by atoms with Crippen molar-refractivity contribution in [2.45, 2.75) is 13.3 Å². The minimum atomic E-state index is -1.42. The lowest BCUT2D eigenvalue weighted by atomic mass is 10.0. The van der Waals surface area contributed by atoms with Crippen molar-refractivity contribution in [3.63, 3.8) is 0 Å². The average molecular weight is 267 g/mol. The predicted octanol–water partition coefficient (Wildman–Crippen LogP) is 2.08. The van der Waals surface area contributed by atoms with Crippen molar-refractivity contribution in [2.75, 3.05) is 0 Å². The van der Waals surface area contributed by atoms with Gasteiger partial charge in [0, 0.05) is 24.9 Å². The van der Waals surface area contributed by atoms with Gasteiger partial charge in [0.1, 0.15) is 11.4 Å². The summed E-state index contributed by atoms with van der Waals surface area (Å²) in [5.41, 5.74) is -1.43. The molecule has 0 aliphatic heterocycles. The number of carbonyl (C=O) groups is 1. The largest absolute Gasteiger partial charge is 0.477 e. The summed E-state index contributed by atoms with van der Waals surface area (Å²) in [6.45, 7) is 1.61. The summed E-state index contributed by atoms with van der Waals surface area (Å²) in [5.74, 6) is -3.15. The molecule has 6 heteroatoms. The van der Waals surface area contributed by atoms with Gasteiger partial charge in [0.15, 0.2) is 5.82 Å². The summed E-state index contributed by atoms with van der Waals surface area (Å²) in [6.07, 6.45) is 1.20. The molecule has 19 heavy (non-hydrogen) atoms. The van der Waals surface area contributed by atoms with Gasteiger partial charge in [-0.15, -0.1) is 0 Å². The van der Waals surface area contributed by atoms with Crippen LogP contribution in [0.25, 0.3) is 10.9 Å². The number of benzene rings is 1. The zero-order valence-corrected chi connectivity index (χ0v) is 10.3. The van der Waals surface area contributed by atoms with E-state index >= 15 is 0 Å². The smallest absolute Gasteiger partial charge is 0.341 e. The molecule has 0 atom stereocenters. The molecule has 0 unspecified atom stereocenters. The van der Waals surface area contributed by atoms with E-state index in [-0.39, 0.29) is 22.9 Å². The third-order valence-electron chi connectivity index (χ3n) is 3.04. The number of carboxylic acids is 1. The first-order chi connectivity index (χ1) is 8.88. The zero-order valence-electron chi connectivity index (χ0n) is 10.3. The van der Waals surface area contributed by atoms with E-state index in [1.165, 1.54) is 11.6 Å². The van der Waals surface area contributed by atoms with Crippen LogP contribution in [0.15, 0.2) is 17.1 Å². The van der Waals surface area contributed by atoms with E-state index in [0.29, 0.717) is 6.07 Å². The Kier molecular flexibility index (Phi) is 3.09. The minimum absolute atomic E-state index is 0.0279. The van der Waals surface area contributed by atoms with Crippen LogP contribution < -0.4 is 5.43 Å². The van der Waals surface area contributed by atoms with Crippen LogP contribution in [0.3, 0.4) is 0 Å². The number of aromatic nitrogens is 1. The molecule has 2 aromatic rings. The van der Waals surface area contributed by atoms with Crippen LogP contribution >= 0.6 is 0 Å². The number of hydrogen-bond acceptors (Lipinski definition) is 2. The van der Waals surface area contributed by atoms with Crippen LogP contribution in [0, 0.1) is 11.6 Å². The van der Waals surface area contributed by atoms with Gasteiger partial charge in [0.2, 0.25) is 5.43 Å². The highest BCUT2D eigenvalue weighted by molar-refractivity contribution is 5.93. The second-order valence-corrected chi connectivity index (χ2v) is 4.18. The number of hydrogen-bond donors (Lipinski definition) is 1. The van der Waals surface area contributed by atoms with Crippen LogP contribution in [0.1, 0.15) is 22.8 Å². The van der Waals surface area contributed by atoms with Gasteiger partial charge in [-0.1, -0.05) is 6.92 Å².